The van der Waals surface area contributed by atoms with Crippen molar-refractivity contribution in [1.29, 1.82) is 0 Å². The van der Waals surface area contributed by atoms with Crippen molar-refractivity contribution in [3.8, 4) is 23.0 Å². The van der Waals surface area contributed by atoms with Gasteiger partial charge < -0.3 is 9.47 Å². The van der Waals surface area contributed by atoms with Gasteiger partial charge in [-0.25, -0.2) is 0 Å². The highest BCUT2D eigenvalue weighted by atomic mass is 16.6. The standard InChI is InChI=1S/C22H14N2O6/c25-23(26)16-6-10-18(11-7-16)29-21-14-5-15-3-1-2-4-20(15)22(21)30-19-12-8-17(9-13-19)24(27)28/h1-14H. The van der Waals surface area contributed by atoms with E-state index in [9.17, 15) is 20.2 Å². The number of nitro benzene ring substituents is 2. The molecule has 4 rings (SSSR count). The molecule has 0 atom stereocenters. The van der Waals surface area contributed by atoms with Crippen LogP contribution in [0.1, 0.15) is 0 Å². The molecule has 30 heavy (non-hydrogen) atoms. The zero-order chi connectivity index (χ0) is 21.1. The minimum atomic E-state index is -0.483. The van der Waals surface area contributed by atoms with Gasteiger partial charge in [0.15, 0.2) is 11.5 Å². The van der Waals surface area contributed by atoms with Gasteiger partial charge in [-0.2, -0.15) is 0 Å². The van der Waals surface area contributed by atoms with E-state index in [0.717, 1.165) is 10.8 Å². The number of nitrogens with zero attached hydrogens (tertiary/aromatic N) is 2. The average molecular weight is 402 g/mol. The molecule has 148 valence electrons. The Morgan fingerprint density at radius 3 is 1.70 bits per heavy atom. The Kier molecular flexibility index (Phi) is 4.96. The fourth-order valence-electron chi connectivity index (χ4n) is 2.93. The van der Waals surface area contributed by atoms with Gasteiger partial charge in [0.2, 0.25) is 0 Å². The first kappa shape index (κ1) is 18.9. The Morgan fingerprint density at radius 2 is 1.13 bits per heavy atom. The van der Waals surface area contributed by atoms with E-state index >= 15 is 0 Å². The number of non-ortho nitro benzene ring substituents is 2. The molecular weight excluding hydrogens is 388 g/mol. The van der Waals surface area contributed by atoms with Crippen molar-refractivity contribution < 1.29 is 19.3 Å². The first-order chi connectivity index (χ1) is 14.5. The van der Waals surface area contributed by atoms with Crippen molar-refractivity contribution in [2.45, 2.75) is 0 Å². The highest BCUT2D eigenvalue weighted by Gasteiger charge is 2.14. The second-order valence-corrected chi connectivity index (χ2v) is 6.32. The molecule has 0 amide bonds. The topological polar surface area (TPSA) is 105 Å². The van der Waals surface area contributed by atoms with E-state index in [1.807, 2.05) is 30.3 Å². The van der Waals surface area contributed by atoms with Crippen LogP contribution in [0.5, 0.6) is 23.0 Å². The van der Waals surface area contributed by atoms with Gasteiger partial charge in [0.1, 0.15) is 11.5 Å². The Balaban J connectivity index is 1.72. The zero-order valence-corrected chi connectivity index (χ0v) is 15.4. The van der Waals surface area contributed by atoms with Gasteiger partial charge in [0, 0.05) is 29.7 Å². The van der Waals surface area contributed by atoms with Gasteiger partial charge in [0.25, 0.3) is 11.4 Å². The summed E-state index contributed by atoms with van der Waals surface area (Å²) in [5, 5.41) is 23.4. The second-order valence-electron chi connectivity index (χ2n) is 6.32. The van der Waals surface area contributed by atoms with E-state index in [-0.39, 0.29) is 11.4 Å². The molecule has 0 aliphatic heterocycles. The Bertz CT molecular complexity index is 1240. The van der Waals surface area contributed by atoms with Crippen molar-refractivity contribution in [3.05, 3.63) is 105 Å². The average Bonchev–Trinajstić information content (AvgIpc) is 2.76. The van der Waals surface area contributed by atoms with Crippen LogP contribution < -0.4 is 9.47 Å². The van der Waals surface area contributed by atoms with Crippen molar-refractivity contribution in [3.63, 3.8) is 0 Å². The van der Waals surface area contributed by atoms with Gasteiger partial charge in [-0.05, 0) is 35.7 Å². The number of hydrogen-bond donors (Lipinski definition) is 0. The summed E-state index contributed by atoms with van der Waals surface area (Å²) in [7, 11) is 0. The zero-order valence-electron chi connectivity index (χ0n) is 15.4. The van der Waals surface area contributed by atoms with Gasteiger partial charge in [-0.1, -0.05) is 30.3 Å². The minimum absolute atomic E-state index is 0.0387. The molecule has 0 heterocycles. The number of rotatable bonds is 6. The molecule has 4 aromatic carbocycles. The van der Waals surface area contributed by atoms with E-state index in [4.69, 9.17) is 9.47 Å². The monoisotopic (exact) mass is 402 g/mol. The van der Waals surface area contributed by atoms with E-state index in [1.165, 1.54) is 48.5 Å². The van der Waals surface area contributed by atoms with Crippen LogP contribution in [0.15, 0.2) is 84.9 Å². The summed E-state index contributed by atoms with van der Waals surface area (Å²) in [4.78, 5) is 20.7. The Labute approximate surface area is 170 Å². The molecule has 0 spiro atoms. The predicted octanol–water partition coefficient (Wildman–Crippen LogP) is 6.24. The summed E-state index contributed by atoms with van der Waals surface area (Å²) in [6.07, 6.45) is 0. The predicted molar refractivity (Wildman–Crippen MR) is 110 cm³/mol. The highest BCUT2D eigenvalue weighted by Crippen LogP contribution is 2.41. The van der Waals surface area contributed by atoms with Crippen LogP contribution in [0.25, 0.3) is 10.8 Å². The van der Waals surface area contributed by atoms with Crippen LogP contribution >= 0.6 is 0 Å². The largest absolute Gasteiger partial charge is 0.453 e. The summed E-state index contributed by atoms with van der Waals surface area (Å²) in [6, 6.07) is 22.6. The molecule has 0 radical (unpaired) electrons. The number of fused-ring (bicyclic) bond motifs is 1. The van der Waals surface area contributed by atoms with E-state index in [2.05, 4.69) is 0 Å². The van der Waals surface area contributed by atoms with Gasteiger partial charge in [-0.15, -0.1) is 0 Å². The number of hydrogen-bond acceptors (Lipinski definition) is 6. The van der Waals surface area contributed by atoms with Crippen LogP contribution in [-0.4, -0.2) is 9.85 Å². The van der Waals surface area contributed by atoms with Crippen molar-refractivity contribution in [2.75, 3.05) is 0 Å². The first-order valence-corrected chi connectivity index (χ1v) is 8.87. The molecule has 4 aromatic rings. The maximum absolute atomic E-state index is 10.9. The number of benzene rings is 4. The molecule has 0 fully saturated rings. The minimum Gasteiger partial charge on any atom is -0.453 e. The second kappa shape index (κ2) is 7.88. The summed E-state index contributed by atoms with van der Waals surface area (Å²) >= 11 is 0. The molecule has 0 saturated heterocycles. The molecule has 0 saturated carbocycles. The molecule has 0 bridgehead atoms. The van der Waals surface area contributed by atoms with E-state index < -0.39 is 9.85 Å². The summed E-state index contributed by atoms with van der Waals surface area (Å²) in [5.41, 5.74) is -0.0779. The number of ether oxygens (including phenoxy) is 2. The first-order valence-electron chi connectivity index (χ1n) is 8.87. The Morgan fingerprint density at radius 1 is 0.600 bits per heavy atom. The lowest BCUT2D eigenvalue weighted by Crippen LogP contribution is -1.93. The van der Waals surface area contributed by atoms with Crippen LogP contribution in [0.4, 0.5) is 11.4 Å². The summed E-state index contributed by atoms with van der Waals surface area (Å²) in [6.45, 7) is 0. The molecule has 0 aliphatic carbocycles. The molecule has 0 aliphatic rings. The molecule has 0 aromatic heterocycles. The smallest absolute Gasteiger partial charge is 0.269 e. The lowest BCUT2D eigenvalue weighted by atomic mass is 10.1. The highest BCUT2D eigenvalue weighted by molar-refractivity contribution is 5.91. The third-order valence-corrected chi connectivity index (χ3v) is 4.39. The molecule has 0 unspecified atom stereocenters. The van der Waals surface area contributed by atoms with Crippen LogP contribution in [-0.2, 0) is 0 Å². The van der Waals surface area contributed by atoms with Gasteiger partial charge in [0.05, 0.1) is 9.85 Å². The summed E-state index contributed by atoms with van der Waals surface area (Å²) in [5.74, 6) is 1.65. The molecule has 0 N–H and O–H groups in total. The maximum Gasteiger partial charge on any atom is 0.269 e. The van der Waals surface area contributed by atoms with Crippen LogP contribution in [0, 0.1) is 20.2 Å². The third-order valence-electron chi connectivity index (χ3n) is 4.39. The van der Waals surface area contributed by atoms with Gasteiger partial charge in [-0.3, -0.25) is 20.2 Å². The normalized spacial score (nSPS) is 10.5. The number of nitro groups is 2. The van der Waals surface area contributed by atoms with Gasteiger partial charge >= 0.3 is 0 Å². The fourth-order valence-corrected chi connectivity index (χ4v) is 2.93. The molecular formula is C22H14N2O6. The van der Waals surface area contributed by atoms with Crippen LogP contribution in [0.3, 0.4) is 0 Å². The quantitative estimate of drug-likeness (QED) is 0.279. The van der Waals surface area contributed by atoms with Crippen molar-refractivity contribution in [1.82, 2.24) is 0 Å². The fraction of sp³-hybridized carbons (Fsp3) is 0. The SMILES string of the molecule is O=[N+]([O-])c1ccc(Oc2ccc3ccccc3c2Oc2ccc([N+](=O)[O-])cc2)cc1. The maximum atomic E-state index is 10.9. The Hall–Kier alpha value is -4.46. The lowest BCUT2D eigenvalue weighted by Gasteiger charge is -2.15. The third kappa shape index (κ3) is 3.88. The van der Waals surface area contributed by atoms with E-state index in [1.54, 1.807) is 6.07 Å². The molecule has 8 heteroatoms. The van der Waals surface area contributed by atoms with Crippen molar-refractivity contribution >= 4 is 22.1 Å². The lowest BCUT2D eigenvalue weighted by molar-refractivity contribution is -0.385. The van der Waals surface area contributed by atoms with E-state index in [0.29, 0.717) is 23.0 Å². The summed E-state index contributed by atoms with van der Waals surface area (Å²) < 4.78 is 12.0. The molecule has 8 nitrogen and oxygen atoms in total. The van der Waals surface area contributed by atoms with Crippen LogP contribution in [0.2, 0.25) is 0 Å². The van der Waals surface area contributed by atoms with Crippen molar-refractivity contribution in [2.24, 2.45) is 0 Å².